The van der Waals surface area contributed by atoms with Crippen molar-refractivity contribution in [3.05, 3.63) is 102 Å². The summed E-state index contributed by atoms with van der Waals surface area (Å²) in [7, 11) is -3.64. The Bertz CT molecular complexity index is 1240. The van der Waals surface area contributed by atoms with Gasteiger partial charge in [0.05, 0.1) is 4.90 Å². The second-order valence-electron chi connectivity index (χ2n) is 9.64. The van der Waals surface area contributed by atoms with E-state index in [0.29, 0.717) is 31.2 Å². The topological polar surface area (TPSA) is 69.7 Å². The average Bonchev–Trinajstić information content (AvgIpc) is 3.40. The normalized spacial score (nSPS) is 18.8. The van der Waals surface area contributed by atoms with Crippen LogP contribution in [0.1, 0.15) is 46.7 Å². The number of amides is 1. The van der Waals surface area contributed by atoms with Crippen LogP contribution in [0.15, 0.2) is 89.8 Å². The Morgan fingerprint density at radius 3 is 2.28 bits per heavy atom. The number of nitrogens with one attached hydrogen (secondary N) is 1. The maximum absolute atomic E-state index is 13.3. The molecular weight excluding hydrogens is 470 g/mol. The van der Waals surface area contributed by atoms with Crippen molar-refractivity contribution in [2.75, 3.05) is 32.7 Å². The van der Waals surface area contributed by atoms with E-state index in [0.717, 1.165) is 32.4 Å². The van der Waals surface area contributed by atoms with Crippen LogP contribution in [0.3, 0.4) is 0 Å². The van der Waals surface area contributed by atoms with Crippen molar-refractivity contribution in [3.63, 3.8) is 0 Å². The Morgan fingerprint density at radius 1 is 0.889 bits per heavy atom. The van der Waals surface area contributed by atoms with Crippen LogP contribution in [0, 0.1) is 0 Å². The lowest BCUT2D eigenvalue weighted by Crippen LogP contribution is -2.51. The smallest absolute Gasteiger partial charge is 0.251 e. The van der Waals surface area contributed by atoms with Crippen LogP contribution in [0.25, 0.3) is 0 Å². The molecule has 2 fully saturated rings. The van der Waals surface area contributed by atoms with Gasteiger partial charge in [-0.15, -0.1) is 0 Å². The summed E-state index contributed by atoms with van der Waals surface area (Å²) in [6, 6.07) is 27.3. The zero-order chi connectivity index (χ0) is 25.0. The molecule has 1 atom stereocenters. The van der Waals surface area contributed by atoms with Crippen molar-refractivity contribution in [2.45, 2.75) is 36.1 Å². The van der Waals surface area contributed by atoms with Gasteiger partial charge in [-0.25, -0.2) is 8.42 Å². The summed E-state index contributed by atoms with van der Waals surface area (Å²) in [5, 5.41) is 3.00. The first kappa shape index (κ1) is 24.7. The molecule has 5 rings (SSSR count). The van der Waals surface area contributed by atoms with Crippen molar-refractivity contribution in [1.29, 1.82) is 0 Å². The molecule has 0 aromatic heterocycles. The maximum Gasteiger partial charge on any atom is 0.251 e. The van der Waals surface area contributed by atoms with Crippen molar-refractivity contribution < 1.29 is 13.2 Å². The van der Waals surface area contributed by atoms with E-state index in [2.05, 4.69) is 34.5 Å². The van der Waals surface area contributed by atoms with E-state index in [1.807, 2.05) is 36.4 Å². The molecule has 0 spiro atoms. The second kappa shape index (κ2) is 10.9. The fourth-order valence-electron chi connectivity index (χ4n) is 5.46. The van der Waals surface area contributed by atoms with Crippen LogP contribution in [0.5, 0.6) is 0 Å². The molecule has 2 saturated heterocycles. The van der Waals surface area contributed by atoms with E-state index in [-0.39, 0.29) is 16.7 Å². The number of hydrogen-bond donors (Lipinski definition) is 1. The highest BCUT2D eigenvalue weighted by Gasteiger charge is 2.36. The third-order valence-corrected chi connectivity index (χ3v) is 9.27. The predicted molar refractivity (Wildman–Crippen MR) is 141 cm³/mol. The largest absolute Gasteiger partial charge is 0.352 e. The highest BCUT2D eigenvalue weighted by atomic mass is 32.2. The van der Waals surface area contributed by atoms with Gasteiger partial charge in [0.1, 0.15) is 0 Å². The summed E-state index contributed by atoms with van der Waals surface area (Å²) in [4.78, 5) is 15.5. The van der Waals surface area contributed by atoms with Crippen LogP contribution in [0.4, 0.5) is 0 Å². The lowest BCUT2D eigenvalue weighted by Gasteiger charge is -2.36. The van der Waals surface area contributed by atoms with Gasteiger partial charge in [-0.1, -0.05) is 66.7 Å². The molecule has 1 unspecified atom stereocenters. The molecule has 0 radical (unpaired) electrons. The average molecular weight is 504 g/mol. The number of piperazine rings is 1. The third-order valence-electron chi connectivity index (χ3n) is 7.41. The van der Waals surface area contributed by atoms with Crippen molar-refractivity contribution in [2.24, 2.45) is 0 Å². The fraction of sp³-hybridized carbons (Fsp3) is 0.345. The molecule has 188 valence electrons. The molecule has 0 aliphatic carbocycles. The Hall–Kier alpha value is -3.00. The predicted octanol–water partition coefficient (Wildman–Crippen LogP) is 4.11. The first-order valence-electron chi connectivity index (χ1n) is 12.7. The Kier molecular flexibility index (Phi) is 7.51. The van der Waals surface area contributed by atoms with E-state index in [9.17, 15) is 13.2 Å². The highest BCUT2D eigenvalue weighted by Crippen LogP contribution is 2.28. The molecule has 0 bridgehead atoms. The first-order valence-corrected chi connectivity index (χ1v) is 14.2. The molecule has 2 heterocycles. The van der Waals surface area contributed by atoms with Gasteiger partial charge < -0.3 is 5.32 Å². The van der Waals surface area contributed by atoms with E-state index in [1.165, 1.54) is 17.2 Å². The van der Waals surface area contributed by atoms with E-state index in [1.54, 1.807) is 22.5 Å². The molecule has 3 aromatic carbocycles. The molecule has 7 heteroatoms. The van der Waals surface area contributed by atoms with Gasteiger partial charge in [0, 0.05) is 43.7 Å². The van der Waals surface area contributed by atoms with E-state index < -0.39 is 10.0 Å². The number of rotatable bonds is 8. The van der Waals surface area contributed by atoms with Gasteiger partial charge in [-0.2, -0.15) is 4.31 Å². The van der Waals surface area contributed by atoms with Gasteiger partial charge >= 0.3 is 0 Å². The first-order chi connectivity index (χ1) is 17.5. The van der Waals surface area contributed by atoms with Crippen LogP contribution in [-0.2, 0) is 10.0 Å². The molecule has 6 nitrogen and oxygen atoms in total. The molecule has 2 aliphatic heterocycles. The number of carbonyl (C=O) groups excluding carboxylic acids is 1. The number of fused-ring (bicyclic) bond motifs is 1. The monoisotopic (exact) mass is 503 g/mol. The van der Waals surface area contributed by atoms with Gasteiger partial charge in [-0.3, -0.25) is 9.69 Å². The minimum atomic E-state index is -3.64. The standard InChI is InChI=1S/C29H33N3O3S/c33-29(30-17-16-28(23-9-3-1-4-10-23)24-11-5-2-6-12-24)25-13-7-15-27(21-25)36(34,35)32-20-19-31-18-8-14-26(31)22-32/h1-7,9-13,15,21,26,28H,8,14,16-20,22H2,(H,30,33). The third kappa shape index (κ3) is 5.38. The second-order valence-corrected chi connectivity index (χ2v) is 11.6. The molecular formula is C29H33N3O3S. The highest BCUT2D eigenvalue weighted by molar-refractivity contribution is 7.89. The number of nitrogens with zero attached hydrogens (tertiary/aromatic N) is 2. The van der Waals surface area contributed by atoms with Gasteiger partial charge in [-0.05, 0) is 55.1 Å². The van der Waals surface area contributed by atoms with Crippen LogP contribution < -0.4 is 5.32 Å². The van der Waals surface area contributed by atoms with Crippen molar-refractivity contribution in [3.8, 4) is 0 Å². The fourth-order valence-corrected chi connectivity index (χ4v) is 6.97. The summed E-state index contributed by atoms with van der Waals surface area (Å²) in [5.41, 5.74) is 2.77. The number of carbonyl (C=O) groups is 1. The Balaban J connectivity index is 1.25. The molecule has 1 amide bonds. The zero-order valence-corrected chi connectivity index (χ0v) is 21.2. The Labute approximate surface area is 214 Å². The number of sulfonamides is 1. The molecule has 3 aromatic rings. The quantitative estimate of drug-likeness (QED) is 0.502. The summed E-state index contributed by atoms with van der Waals surface area (Å²) in [6.45, 7) is 3.33. The molecule has 2 aliphatic rings. The molecule has 36 heavy (non-hydrogen) atoms. The minimum absolute atomic E-state index is 0.161. The SMILES string of the molecule is O=C(NCCC(c1ccccc1)c1ccccc1)c1cccc(S(=O)(=O)N2CCN3CCCC3C2)c1. The van der Waals surface area contributed by atoms with Crippen molar-refractivity contribution in [1.82, 2.24) is 14.5 Å². The van der Waals surface area contributed by atoms with Crippen LogP contribution in [-0.4, -0.2) is 62.3 Å². The number of hydrogen-bond acceptors (Lipinski definition) is 4. The Morgan fingerprint density at radius 2 is 1.58 bits per heavy atom. The summed E-state index contributed by atoms with van der Waals surface area (Å²) >= 11 is 0. The van der Waals surface area contributed by atoms with Gasteiger partial charge in [0.2, 0.25) is 10.0 Å². The molecule has 1 N–H and O–H groups in total. The maximum atomic E-state index is 13.3. The van der Waals surface area contributed by atoms with Crippen LogP contribution in [0.2, 0.25) is 0 Å². The lowest BCUT2D eigenvalue weighted by molar-refractivity contribution is 0.0952. The molecule has 0 saturated carbocycles. The zero-order valence-electron chi connectivity index (χ0n) is 20.4. The summed E-state index contributed by atoms with van der Waals surface area (Å²) in [6.07, 6.45) is 2.91. The van der Waals surface area contributed by atoms with Gasteiger partial charge in [0.15, 0.2) is 0 Å². The van der Waals surface area contributed by atoms with E-state index >= 15 is 0 Å². The number of benzene rings is 3. The lowest BCUT2D eigenvalue weighted by atomic mass is 9.88. The van der Waals surface area contributed by atoms with Crippen LogP contribution >= 0.6 is 0 Å². The van der Waals surface area contributed by atoms with Crippen molar-refractivity contribution >= 4 is 15.9 Å². The summed E-state index contributed by atoms with van der Waals surface area (Å²) in [5.74, 6) is -0.0961. The minimum Gasteiger partial charge on any atom is -0.352 e. The van der Waals surface area contributed by atoms with Gasteiger partial charge in [0.25, 0.3) is 5.91 Å². The summed E-state index contributed by atoms with van der Waals surface area (Å²) < 4.78 is 28.3. The van der Waals surface area contributed by atoms with E-state index in [4.69, 9.17) is 0 Å².